The molecule has 0 aliphatic carbocycles. The highest BCUT2D eigenvalue weighted by molar-refractivity contribution is 5.71. The number of hydrogen-bond donors (Lipinski definition) is 0. The zero-order chi connectivity index (χ0) is 41.7. The monoisotopic (exact) mass is 807 g/mol. The lowest BCUT2D eigenvalue weighted by Gasteiger charge is -2.18. The van der Waals surface area contributed by atoms with Crippen molar-refractivity contribution in [2.75, 3.05) is 13.2 Å². The first-order valence-corrected chi connectivity index (χ1v) is 25.4. The van der Waals surface area contributed by atoms with Gasteiger partial charge in [0.25, 0.3) is 0 Å². The minimum atomic E-state index is -0.758. The van der Waals surface area contributed by atoms with Crippen LogP contribution in [0.4, 0.5) is 0 Å². The molecule has 0 saturated heterocycles. The Balaban J connectivity index is 4.10. The number of esters is 3. The zero-order valence-corrected chi connectivity index (χ0v) is 38.8. The standard InChI is InChI=1S/C51H98O6/c1-5-7-9-11-12-13-14-15-16-17-18-19-22-25-28-31-35-39-43-50(53)56-46-48(45-55-49(52)42-38-33-10-8-6-2)57-51(54)44-40-36-32-29-26-23-20-21-24-27-30-34-37-41-47(3)4/h47-48H,5-46H2,1-4H3/t48-/m1/s1. The predicted molar refractivity (Wildman–Crippen MR) is 243 cm³/mol. The maximum absolute atomic E-state index is 12.7. The van der Waals surface area contributed by atoms with Gasteiger partial charge in [0, 0.05) is 19.3 Å². The van der Waals surface area contributed by atoms with Crippen LogP contribution in [0.2, 0.25) is 0 Å². The Kier molecular flexibility index (Phi) is 44.2. The van der Waals surface area contributed by atoms with Gasteiger partial charge in [-0.05, 0) is 25.2 Å². The summed E-state index contributed by atoms with van der Waals surface area (Å²) in [6.07, 6.45) is 46.9. The van der Waals surface area contributed by atoms with Crippen molar-refractivity contribution in [2.24, 2.45) is 5.92 Å². The molecule has 0 unspecified atom stereocenters. The summed E-state index contributed by atoms with van der Waals surface area (Å²) in [6.45, 7) is 8.95. The van der Waals surface area contributed by atoms with Crippen molar-refractivity contribution in [3.05, 3.63) is 0 Å². The molecule has 6 nitrogen and oxygen atoms in total. The van der Waals surface area contributed by atoms with E-state index in [1.165, 1.54) is 173 Å². The van der Waals surface area contributed by atoms with Crippen molar-refractivity contribution in [3.8, 4) is 0 Å². The molecule has 0 aromatic rings. The molecule has 6 heteroatoms. The Morgan fingerprint density at radius 3 is 0.860 bits per heavy atom. The summed E-state index contributed by atoms with van der Waals surface area (Å²) < 4.78 is 16.7. The fourth-order valence-corrected chi connectivity index (χ4v) is 7.69. The van der Waals surface area contributed by atoms with Gasteiger partial charge in [-0.2, -0.15) is 0 Å². The van der Waals surface area contributed by atoms with Crippen LogP contribution in [0.15, 0.2) is 0 Å². The van der Waals surface area contributed by atoms with Crippen LogP contribution >= 0.6 is 0 Å². The van der Waals surface area contributed by atoms with Crippen molar-refractivity contribution in [2.45, 2.75) is 291 Å². The molecule has 0 N–H and O–H groups in total. The van der Waals surface area contributed by atoms with E-state index in [9.17, 15) is 14.4 Å². The van der Waals surface area contributed by atoms with Gasteiger partial charge < -0.3 is 14.2 Å². The summed E-state index contributed by atoms with van der Waals surface area (Å²) >= 11 is 0. The van der Waals surface area contributed by atoms with Gasteiger partial charge in [0.05, 0.1) is 0 Å². The van der Waals surface area contributed by atoms with Gasteiger partial charge >= 0.3 is 17.9 Å². The molecule has 0 rings (SSSR count). The summed E-state index contributed by atoms with van der Waals surface area (Å²) in [5, 5.41) is 0. The highest BCUT2D eigenvalue weighted by Crippen LogP contribution is 2.17. The third-order valence-electron chi connectivity index (χ3n) is 11.5. The molecule has 338 valence electrons. The van der Waals surface area contributed by atoms with Crippen LogP contribution < -0.4 is 0 Å². The number of hydrogen-bond acceptors (Lipinski definition) is 6. The number of carbonyl (C=O) groups excluding carboxylic acids is 3. The molecule has 0 bridgehead atoms. The van der Waals surface area contributed by atoms with E-state index in [1.807, 2.05) is 0 Å². The number of ether oxygens (including phenoxy) is 3. The van der Waals surface area contributed by atoms with Gasteiger partial charge in [0.1, 0.15) is 13.2 Å². The molecular formula is C51H98O6. The third kappa shape index (κ3) is 45.3. The van der Waals surface area contributed by atoms with Gasteiger partial charge in [0.15, 0.2) is 6.10 Å². The quantitative estimate of drug-likeness (QED) is 0.0346. The van der Waals surface area contributed by atoms with Gasteiger partial charge in [-0.25, -0.2) is 0 Å². The van der Waals surface area contributed by atoms with Crippen LogP contribution in [0.25, 0.3) is 0 Å². The van der Waals surface area contributed by atoms with Crippen molar-refractivity contribution in [3.63, 3.8) is 0 Å². The van der Waals surface area contributed by atoms with Gasteiger partial charge in [-0.3, -0.25) is 14.4 Å². The number of carbonyl (C=O) groups is 3. The largest absolute Gasteiger partial charge is 0.462 e. The maximum atomic E-state index is 12.7. The Bertz CT molecular complexity index is 857. The lowest BCUT2D eigenvalue weighted by atomic mass is 10.0. The molecule has 57 heavy (non-hydrogen) atoms. The fraction of sp³-hybridized carbons (Fsp3) is 0.941. The average molecular weight is 807 g/mol. The van der Waals surface area contributed by atoms with Gasteiger partial charge in [0.2, 0.25) is 0 Å². The number of unbranched alkanes of at least 4 members (excludes halogenated alkanes) is 33. The summed E-state index contributed by atoms with van der Waals surface area (Å²) in [6, 6.07) is 0. The Morgan fingerprint density at radius 2 is 0.579 bits per heavy atom. The smallest absolute Gasteiger partial charge is 0.306 e. The van der Waals surface area contributed by atoms with E-state index in [0.29, 0.717) is 19.3 Å². The van der Waals surface area contributed by atoms with Crippen LogP contribution in [0.5, 0.6) is 0 Å². The lowest BCUT2D eigenvalue weighted by Crippen LogP contribution is -2.30. The normalized spacial score (nSPS) is 11.9. The second-order valence-corrected chi connectivity index (χ2v) is 17.9. The van der Waals surface area contributed by atoms with E-state index in [4.69, 9.17) is 14.2 Å². The van der Waals surface area contributed by atoms with Crippen molar-refractivity contribution in [1.29, 1.82) is 0 Å². The summed E-state index contributed by atoms with van der Waals surface area (Å²) in [5.74, 6) is -0.0225. The Morgan fingerprint density at radius 1 is 0.333 bits per heavy atom. The first-order valence-electron chi connectivity index (χ1n) is 25.4. The Hall–Kier alpha value is -1.59. The van der Waals surface area contributed by atoms with Crippen LogP contribution in [0, 0.1) is 5.92 Å². The molecule has 1 atom stereocenters. The first kappa shape index (κ1) is 55.4. The van der Waals surface area contributed by atoms with Crippen molar-refractivity contribution >= 4 is 17.9 Å². The highest BCUT2D eigenvalue weighted by Gasteiger charge is 2.19. The number of rotatable bonds is 46. The molecule has 0 aliphatic heterocycles. The highest BCUT2D eigenvalue weighted by atomic mass is 16.6. The second kappa shape index (κ2) is 45.5. The molecule has 0 spiro atoms. The predicted octanol–water partition coefficient (Wildman–Crippen LogP) is 16.3. The molecule has 0 aliphatic rings. The Labute approximate surface area is 355 Å². The van der Waals surface area contributed by atoms with Crippen LogP contribution in [0.3, 0.4) is 0 Å². The van der Waals surface area contributed by atoms with E-state index in [1.54, 1.807) is 0 Å². The van der Waals surface area contributed by atoms with Crippen molar-refractivity contribution in [1.82, 2.24) is 0 Å². The van der Waals surface area contributed by atoms with E-state index in [0.717, 1.165) is 70.1 Å². The molecule has 0 heterocycles. The van der Waals surface area contributed by atoms with E-state index >= 15 is 0 Å². The third-order valence-corrected chi connectivity index (χ3v) is 11.5. The van der Waals surface area contributed by atoms with E-state index in [2.05, 4.69) is 27.7 Å². The molecule has 0 radical (unpaired) electrons. The molecule has 0 amide bonds. The maximum Gasteiger partial charge on any atom is 0.306 e. The van der Waals surface area contributed by atoms with Crippen molar-refractivity contribution < 1.29 is 28.6 Å². The lowest BCUT2D eigenvalue weighted by molar-refractivity contribution is -0.167. The average Bonchev–Trinajstić information content (AvgIpc) is 3.19. The molecule has 0 aromatic heterocycles. The molecule has 0 fully saturated rings. The van der Waals surface area contributed by atoms with Crippen LogP contribution in [-0.4, -0.2) is 37.2 Å². The van der Waals surface area contributed by atoms with Crippen LogP contribution in [0.1, 0.15) is 285 Å². The summed E-state index contributed by atoms with van der Waals surface area (Å²) in [4.78, 5) is 37.6. The topological polar surface area (TPSA) is 78.9 Å². The molecular weight excluding hydrogens is 709 g/mol. The minimum Gasteiger partial charge on any atom is -0.462 e. The zero-order valence-electron chi connectivity index (χ0n) is 38.8. The first-order chi connectivity index (χ1) is 27.9. The fourth-order valence-electron chi connectivity index (χ4n) is 7.69. The van der Waals surface area contributed by atoms with Crippen LogP contribution in [-0.2, 0) is 28.6 Å². The SMILES string of the molecule is CCCCCCCCCCCCCCCCCCCCC(=O)OC[C@@H](COC(=O)CCCCCCC)OC(=O)CCCCCCCCCCCCCCCC(C)C. The minimum absolute atomic E-state index is 0.0640. The summed E-state index contributed by atoms with van der Waals surface area (Å²) in [5.41, 5.74) is 0. The second-order valence-electron chi connectivity index (χ2n) is 17.9. The van der Waals surface area contributed by atoms with Gasteiger partial charge in [-0.15, -0.1) is 0 Å². The van der Waals surface area contributed by atoms with E-state index in [-0.39, 0.29) is 31.1 Å². The summed E-state index contributed by atoms with van der Waals surface area (Å²) in [7, 11) is 0. The molecule has 0 saturated carbocycles. The van der Waals surface area contributed by atoms with E-state index < -0.39 is 6.10 Å². The van der Waals surface area contributed by atoms with Gasteiger partial charge in [-0.1, -0.05) is 246 Å². The molecule has 0 aromatic carbocycles.